The predicted molar refractivity (Wildman–Crippen MR) is 60.8 cm³/mol. The SMILES string of the molecule is CC(NC(=O)c1c(F)cccc1F)c1cn[nH]c1. The summed E-state index contributed by atoms with van der Waals surface area (Å²) in [5.74, 6) is -2.56. The van der Waals surface area contributed by atoms with E-state index in [9.17, 15) is 13.6 Å². The maximum Gasteiger partial charge on any atom is 0.257 e. The van der Waals surface area contributed by atoms with Crippen LogP contribution >= 0.6 is 0 Å². The van der Waals surface area contributed by atoms with E-state index in [2.05, 4.69) is 15.5 Å². The molecule has 6 heteroatoms. The van der Waals surface area contributed by atoms with Gasteiger partial charge in [0.1, 0.15) is 17.2 Å². The van der Waals surface area contributed by atoms with Gasteiger partial charge < -0.3 is 5.32 Å². The number of rotatable bonds is 3. The number of aromatic nitrogens is 2. The molecule has 1 atom stereocenters. The summed E-state index contributed by atoms with van der Waals surface area (Å²) in [5.41, 5.74) is 0.146. The van der Waals surface area contributed by atoms with Crippen LogP contribution in [0.15, 0.2) is 30.6 Å². The molecule has 1 unspecified atom stereocenters. The lowest BCUT2D eigenvalue weighted by Gasteiger charge is -2.12. The minimum absolute atomic E-state index is 0.393. The molecule has 18 heavy (non-hydrogen) atoms. The van der Waals surface area contributed by atoms with Gasteiger partial charge in [-0.05, 0) is 19.1 Å². The molecular formula is C12H11F2N3O. The molecule has 1 heterocycles. The van der Waals surface area contributed by atoms with Gasteiger partial charge in [-0.1, -0.05) is 6.07 Å². The van der Waals surface area contributed by atoms with Gasteiger partial charge in [-0.15, -0.1) is 0 Å². The first kappa shape index (κ1) is 12.2. The summed E-state index contributed by atoms with van der Waals surface area (Å²) in [5, 5.41) is 8.83. The number of hydrogen-bond donors (Lipinski definition) is 2. The molecule has 2 N–H and O–H groups in total. The average molecular weight is 251 g/mol. The van der Waals surface area contributed by atoms with Gasteiger partial charge in [0.25, 0.3) is 5.91 Å². The largest absolute Gasteiger partial charge is 0.345 e. The van der Waals surface area contributed by atoms with Crippen molar-refractivity contribution in [3.05, 3.63) is 53.4 Å². The third-order valence-electron chi connectivity index (χ3n) is 2.56. The first-order chi connectivity index (χ1) is 8.59. The number of aromatic amines is 1. The maximum absolute atomic E-state index is 13.4. The van der Waals surface area contributed by atoms with Crippen molar-refractivity contribution in [2.45, 2.75) is 13.0 Å². The van der Waals surface area contributed by atoms with Gasteiger partial charge in [-0.25, -0.2) is 8.78 Å². The highest BCUT2D eigenvalue weighted by Crippen LogP contribution is 2.15. The van der Waals surface area contributed by atoms with Crippen LogP contribution in [0.4, 0.5) is 8.78 Å². The van der Waals surface area contributed by atoms with E-state index in [1.807, 2.05) is 0 Å². The van der Waals surface area contributed by atoms with Gasteiger partial charge in [-0.2, -0.15) is 5.10 Å². The Balaban J connectivity index is 2.18. The van der Waals surface area contributed by atoms with E-state index in [4.69, 9.17) is 0 Å². The van der Waals surface area contributed by atoms with Crippen molar-refractivity contribution in [2.24, 2.45) is 0 Å². The molecule has 0 saturated heterocycles. The molecule has 1 aromatic carbocycles. The number of benzene rings is 1. The smallest absolute Gasteiger partial charge is 0.257 e. The van der Waals surface area contributed by atoms with Crippen LogP contribution in [-0.2, 0) is 0 Å². The molecule has 0 aliphatic carbocycles. The Labute approximate surface area is 102 Å². The summed E-state index contributed by atoms with van der Waals surface area (Å²) in [4.78, 5) is 11.8. The highest BCUT2D eigenvalue weighted by atomic mass is 19.1. The second-order valence-electron chi connectivity index (χ2n) is 3.82. The molecule has 94 valence electrons. The topological polar surface area (TPSA) is 57.8 Å². The Morgan fingerprint density at radius 3 is 2.61 bits per heavy atom. The van der Waals surface area contributed by atoms with Crippen molar-refractivity contribution < 1.29 is 13.6 Å². The van der Waals surface area contributed by atoms with Gasteiger partial charge in [0.15, 0.2) is 0 Å². The first-order valence-electron chi connectivity index (χ1n) is 5.33. The molecule has 0 spiro atoms. The Morgan fingerprint density at radius 1 is 1.39 bits per heavy atom. The third kappa shape index (κ3) is 2.37. The summed E-state index contributed by atoms with van der Waals surface area (Å²) in [7, 11) is 0. The lowest BCUT2D eigenvalue weighted by molar-refractivity contribution is 0.0931. The zero-order valence-electron chi connectivity index (χ0n) is 9.58. The number of halogens is 2. The monoisotopic (exact) mass is 251 g/mol. The lowest BCUT2D eigenvalue weighted by atomic mass is 10.1. The van der Waals surface area contributed by atoms with E-state index >= 15 is 0 Å². The normalized spacial score (nSPS) is 12.2. The zero-order valence-corrected chi connectivity index (χ0v) is 9.58. The molecular weight excluding hydrogens is 240 g/mol. The maximum atomic E-state index is 13.4. The Bertz CT molecular complexity index is 534. The second-order valence-corrected chi connectivity index (χ2v) is 3.82. The number of carbonyl (C=O) groups excluding carboxylic acids is 1. The van der Waals surface area contributed by atoms with E-state index < -0.39 is 29.1 Å². The van der Waals surface area contributed by atoms with Crippen molar-refractivity contribution in [1.29, 1.82) is 0 Å². The van der Waals surface area contributed by atoms with Gasteiger partial charge in [0.05, 0.1) is 12.2 Å². The first-order valence-corrected chi connectivity index (χ1v) is 5.33. The van der Waals surface area contributed by atoms with Gasteiger partial charge in [0.2, 0.25) is 0 Å². The molecule has 0 saturated carbocycles. The molecule has 0 aliphatic heterocycles. The Morgan fingerprint density at radius 2 is 2.06 bits per heavy atom. The fourth-order valence-electron chi connectivity index (χ4n) is 1.56. The lowest BCUT2D eigenvalue weighted by Crippen LogP contribution is -2.28. The minimum Gasteiger partial charge on any atom is -0.345 e. The molecule has 1 aromatic heterocycles. The Hall–Kier alpha value is -2.24. The quantitative estimate of drug-likeness (QED) is 0.878. The minimum atomic E-state index is -0.883. The molecule has 0 radical (unpaired) electrons. The summed E-state index contributed by atoms with van der Waals surface area (Å²) >= 11 is 0. The van der Waals surface area contributed by atoms with Crippen LogP contribution in [0.1, 0.15) is 28.9 Å². The summed E-state index contributed by atoms with van der Waals surface area (Å²) in [6, 6.07) is 2.90. The number of nitrogens with one attached hydrogen (secondary N) is 2. The van der Waals surface area contributed by atoms with E-state index in [1.54, 1.807) is 13.1 Å². The summed E-state index contributed by atoms with van der Waals surface area (Å²) in [6.45, 7) is 1.70. The fourth-order valence-corrected chi connectivity index (χ4v) is 1.56. The molecule has 0 fully saturated rings. The fraction of sp³-hybridized carbons (Fsp3) is 0.167. The summed E-state index contributed by atoms with van der Waals surface area (Å²) in [6.07, 6.45) is 3.13. The highest BCUT2D eigenvalue weighted by molar-refractivity contribution is 5.94. The molecule has 1 amide bonds. The van der Waals surface area contributed by atoms with Crippen LogP contribution < -0.4 is 5.32 Å². The van der Waals surface area contributed by atoms with Crippen LogP contribution in [-0.4, -0.2) is 16.1 Å². The van der Waals surface area contributed by atoms with Crippen molar-refractivity contribution in [3.8, 4) is 0 Å². The molecule has 4 nitrogen and oxygen atoms in total. The zero-order chi connectivity index (χ0) is 13.1. The Kier molecular flexibility index (Phi) is 3.36. The van der Waals surface area contributed by atoms with Crippen LogP contribution in [0.25, 0.3) is 0 Å². The van der Waals surface area contributed by atoms with Crippen molar-refractivity contribution in [3.63, 3.8) is 0 Å². The van der Waals surface area contributed by atoms with Crippen LogP contribution in [0.3, 0.4) is 0 Å². The standard InChI is InChI=1S/C12H11F2N3O/c1-7(8-5-15-16-6-8)17-12(18)11-9(13)3-2-4-10(11)14/h2-7H,1H3,(H,15,16)(H,17,18). The number of nitrogens with zero attached hydrogens (tertiary/aromatic N) is 1. The van der Waals surface area contributed by atoms with Gasteiger partial charge in [0, 0.05) is 11.8 Å². The number of amides is 1. The van der Waals surface area contributed by atoms with Crippen LogP contribution in [0.2, 0.25) is 0 Å². The van der Waals surface area contributed by atoms with Crippen molar-refractivity contribution in [2.75, 3.05) is 0 Å². The van der Waals surface area contributed by atoms with Crippen LogP contribution in [0, 0.1) is 11.6 Å². The van der Waals surface area contributed by atoms with Gasteiger partial charge >= 0.3 is 0 Å². The van der Waals surface area contributed by atoms with E-state index in [-0.39, 0.29) is 0 Å². The van der Waals surface area contributed by atoms with E-state index in [0.717, 1.165) is 17.7 Å². The summed E-state index contributed by atoms with van der Waals surface area (Å²) < 4.78 is 26.7. The number of hydrogen-bond acceptors (Lipinski definition) is 2. The molecule has 0 bridgehead atoms. The molecule has 0 aliphatic rings. The number of H-pyrrole nitrogens is 1. The second kappa shape index (κ2) is 4.95. The highest BCUT2D eigenvalue weighted by Gasteiger charge is 2.19. The predicted octanol–water partition coefficient (Wildman–Crippen LogP) is 2.18. The van der Waals surface area contributed by atoms with Crippen molar-refractivity contribution >= 4 is 5.91 Å². The van der Waals surface area contributed by atoms with Crippen molar-refractivity contribution in [1.82, 2.24) is 15.5 Å². The molecule has 2 rings (SSSR count). The van der Waals surface area contributed by atoms with Gasteiger partial charge in [-0.3, -0.25) is 9.89 Å². The molecule has 2 aromatic rings. The third-order valence-corrected chi connectivity index (χ3v) is 2.56. The van der Waals surface area contributed by atoms with E-state index in [1.165, 1.54) is 12.3 Å². The number of carbonyl (C=O) groups is 1. The van der Waals surface area contributed by atoms with E-state index in [0.29, 0.717) is 0 Å². The average Bonchev–Trinajstić information content (AvgIpc) is 2.81. The van der Waals surface area contributed by atoms with Crippen LogP contribution in [0.5, 0.6) is 0 Å².